The number of hydrogen-bond donors (Lipinski definition) is 1. The van der Waals surface area contributed by atoms with E-state index in [2.05, 4.69) is 0 Å². The van der Waals surface area contributed by atoms with Gasteiger partial charge in [-0.05, 0) is 30.5 Å². The molecule has 1 aliphatic carbocycles. The van der Waals surface area contributed by atoms with Crippen LogP contribution in [0.2, 0.25) is 10.0 Å². The van der Waals surface area contributed by atoms with Crippen LogP contribution in [0.3, 0.4) is 0 Å². The van der Waals surface area contributed by atoms with Crippen molar-refractivity contribution in [2.45, 2.75) is 32.4 Å². The summed E-state index contributed by atoms with van der Waals surface area (Å²) in [5.41, 5.74) is 6.58. The molecule has 1 unspecified atom stereocenters. The summed E-state index contributed by atoms with van der Waals surface area (Å²) >= 11 is 11.9. The third-order valence-corrected chi connectivity index (χ3v) is 4.12. The highest BCUT2D eigenvalue weighted by atomic mass is 35.5. The fourth-order valence-corrected chi connectivity index (χ4v) is 2.31. The molecule has 1 aromatic rings. The standard InChI is InChI=1S/C14H18Cl2N2O/c1-9(7-17)14(19)18(11-3-4-11)8-10-2-5-12(15)13(16)6-10/h2,5-6,9,11H,3-4,7-8,17H2,1H3. The summed E-state index contributed by atoms with van der Waals surface area (Å²) in [6.45, 7) is 2.82. The van der Waals surface area contributed by atoms with E-state index in [0.717, 1.165) is 18.4 Å². The first-order valence-electron chi connectivity index (χ1n) is 6.47. The molecule has 2 N–H and O–H groups in total. The number of benzene rings is 1. The van der Waals surface area contributed by atoms with Crippen LogP contribution in [0.5, 0.6) is 0 Å². The van der Waals surface area contributed by atoms with Gasteiger partial charge in [-0.2, -0.15) is 0 Å². The van der Waals surface area contributed by atoms with Gasteiger partial charge in [0.2, 0.25) is 5.91 Å². The molecule has 19 heavy (non-hydrogen) atoms. The second kappa shape index (κ2) is 6.12. The van der Waals surface area contributed by atoms with E-state index in [-0.39, 0.29) is 11.8 Å². The van der Waals surface area contributed by atoms with Gasteiger partial charge < -0.3 is 10.6 Å². The summed E-state index contributed by atoms with van der Waals surface area (Å²) in [7, 11) is 0. The van der Waals surface area contributed by atoms with Gasteiger partial charge >= 0.3 is 0 Å². The molecule has 0 aliphatic heterocycles. The summed E-state index contributed by atoms with van der Waals surface area (Å²) in [6, 6.07) is 5.85. The molecule has 2 rings (SSSR count). The highest BCUT2D eigenvalue weighted by molar-refractivity contribution is 6.42. The van der Waals surface area contributed by atoms with Gasteiger partial charge in [0.25, 0.3) is 0 Å². The highest BCUT2D eigenvalue weighted by Crippen LogP contribution is 2.31. The molecule has 1 saturated carbocycles. The van der Waals surface area contributed by atoms with Gasteiger partial charge in [0, 0.05) is 25.0 Å². The summed E-state index contributed by atoms with van der Waals surface area (Å²) in [4.78, 5) is 14.2. The lowest BCUT2D eigenvalue weighted by molar-refractivity contribution is -0.135. The number of rotatable bonds is 5. The van der Waals surface area contributed by atoms with Crippen molar-refractivity contribution in [3.05, 3.63) is 33.8 Å². The Balaban J connectivity index is 2.12. The second-order valence-corrected chi connectivity index (χ2v) is 5.90. The van der Waals surface area contributed by atoms with Crippen molar-refractivity contribution in [3.63, 3.8) is 0 Å². The summed E-state index contributed by atoms with van der Waals surface area (Å²) in [6.07, 6.45) is 2.15. The van der Waals surface area contributed by atoms with Crippen molar-refractivity contribution in [1.29, 1.82) is 0 Å². The third kappa shape index (κ3) is 3.62. The van der Waals surface area contributed by atoms with Crippen molar-refractivity contribution in [1.82, 2.24) is 4.90 Å². The minimum absolute atomic E-state index is 0.121. The van der Waals surface area contributed by atoms with Crippen LogP contribution in [0, 0.1) is 5.92 Å². The topological polar surface area (TPSA) is 46.3 Å². The van der Waals surface area contributed by atoms with Gasteiger partial charge in [-0.15, -0.1) is 0 Å². The molecule has 0 bridgehead atoms. The number of halogens is 2. The van der Waals surface area contributed by atoms with Gasteiger partial charge in [-0.25, -0.2) is 0 Å². The van der Waals surface area contributed by atoms with E-state index in [1.54, 1.807) is 6.07 Å². The zero-order valence-electron chi connectivity index (χ0n) is 10.9. The van der Waals surface area contributed by atoms with E-state index >= 15 is 0 Å². The van der Waals surface area contributed by atoms with E-state index in [1.807, 2.05) is 24.0 Å². The smallest absolute Gasteiger partial charge is 0.227 e. The van der Waals surface area contributed by atoms with E-state index in [9.17, 15) is 4.79 Å². The Morgan fingerprint density at radius 2 is 2.11 bits per heavy atom. The fourth-order valence-electron chi connectivity index (χ4n) is 1.99. The van der Waals surface area contributed by atoms with Crippen molar-refractivity contribution in [2.24, 2.45) is 11.7 Å². The third-order valence-electron chi connectivity index (χ3n) is 3.38. The first kappa shape index (κ1) is 14.6. The maximum atomic E-state index is 12.3. The number of nitrogens with two attached hydrogens (primary N) is 1. The Kier molecular flexibility index (Phi) is 4.71. The molecule has 1 aliphatic rings. The minimum atomic E-state index is -0.136. The molecule has 1 atom stereocenters. The Morgan fingerprint density at radius 3 is 2.63 bits per heavy atom. The molecular formula is C14H18Cl2N2O. The molecule has 0 aromatic heterocycles. The number of hydrogen-bond acceptors (Lipinski definition) is 2. The Hall–Kier alpha value is -0.770. The van der Waals surface area contributed by atoms with Crippen LogP contribution in [-0.2, 0) is 11.3 Å². The molecule has 3 nitrogen and oxygen atoms in total. The van der Waals surface area contributed by atoms with Crippen molar-refractivity contribution < 1.29 is 4.79 Å². The maximum absolute atomic E-state index is 12.3. The van der Waals surface area contributed by atoms with Gasteiger partial charge in [0.1, 0.15) is 0 Å². The maximum Gasteiger partial charge on any atom is 0.227 e. The van der Waals surface area contributed by atoms with Gasteiger partial charge in [-0.3, -0.25) is 4.79 Å². The summed E-state index contributed by atoms with van der Waals surface area (Å²) < 4.78 is 0. The average Bonchev–Trinajstić information content (AvgIpc) is 3.22. The van der Waals surface area contributed by atoms with E-state index in [1.165, 1.54) is 0 Å². The van der Waals surface area contributed by atoms with Crippen LogP contribution in [0.1, 0.15) is 25.3 Å². The number of carbonyl (C=O) groups excluding carboxylic acids is 1. The van der Waals surface area contributed by atoms with E-state index in [4.69, 9.17) is 28.9 Å². The zero-order valence-corrected chi connectivity index (χ0v) is 12.4. The Morgan fingerprint density at radius 1 is 1.42 bits per heavy atom. The van der Waals surface area contributed by atoms with E-state index in [0.29, 0.717) is 29.2 Å². The molecule has 1 amide bonds. The molecule has 0 radical (unpaired) electrons. The predicted molar refractivity (Wildman–Crippen MR) is 78.3 cm³/mol. The van der Waals surface area contributed by atoms with Crippen molar-refractivity contribution >= 4 is 29.1 Å². The normalized spacial score (nSPS) is 16.2. The second-order valence-electron chi connectivity index (χ2n) is 5.08. The first-order valence-corrected chi connectivity index (χ1v) is 7.23. The lowest BCUT2D eigenvalue weighted by atomic mass is 10.1. The van der Waals surface area contributed by atoms with Crippen LogP contribution in [0.25, 0.3) is 0 Å². The SMILES string of the molecule is CC(CN)C(=O)N(Cc1ccc(Cl)c(Cl)c1)C1CC1. The number of amides is 1. The largest absolute Gasteiger partial charge is 0.335 e. The molecular weight excluding hydrogens is 283 g/mol. The first-order chi connectivity index (χ1) is 9.02. The van der Waals surface area contributed by atoms with Crippen LogP contribution < -0.4 is 5.73 Å². The zero-order chi connectivity index (χ0) is 14.0. The van der Waals surface area contributed by atoms with Crippen molar-refractivity contribution in [2.75, 3.05) is 6.54 Å². The summed E-state index contributed by atoms with van der Waals surface area (Å²) in [5, 5.41) is 1.05. The fraction of sp³-hybridized carbons (Fsp3) is 0.500. The predicted octanol–water partition coefficient (Wildman–Crippen LogP) is 3.08. The van der Waals surface area contributed by atoms with Crippen LogP contribution in [0.4, 0.5) is 0 Å². The van der Waals surface area contributed by atoms with Crippen molar-refractivity contribution in [3.8, 4) is 0 Å². The van der Waals surface area contributed by atoms with Crippen LogP contribution >= 0.6 is 23.2 Å². The highest BCUT2D eigenvalue weighted by Gasteiger charge is 2.34. The van der Waals surface area contributed by atoms with Gasteiger partial charge in [-0.1, -0.05) is 36.2 Å². The quantitative estimate of drug-likeness (QED) is 0.908. The van der Waals surface area contributed by atoms with E-state index < -0.39 is 0 Å². The van der Waals surface area contributed by atoms with Crippen LogP contribution in [-0.4, -0.2) is 23.4 Å². The molecule has 5 heteroatoms. The monoisotopic (exact) mass is 300 g/mol. The van der Waals surface area contributed by atoms with Gasteiger partial charge in [0.15, 0.2) is 0 Å². The lowest BCUT2D eigenvalue weighted by Crippen LogP contribution is -2.38. The minimum Gasteiger partial charge on any atom is -0.335 e. The van der Waals surface area contributed by atoms with Gasteiger partial charge in [0.05, 0.1) is 10.0 Å². The van der Waals surface area contributed by atoms with Crippen LogP contribution in [0.15, 0.2) is 18.2 Å². The Labute approximate surface area is 123 Å². The lowest BCUT2D eigenvalue weighted by Gasteiger charge is -2.25. The molecule has 1 aromatic carbocycles. The molecule has 104 valence electrons. The molecule has 0 heterocycles. The average molecular weight is 301 g/mol. The number of carbonyl (C=O) groups is 1. The number of nitrogens with zero attached hydrogens (tertiary/aromatic N) is 1. The molecule has 0 spiro atoms. The Bertz CT molecular complexity index is 475. The molecule has 0 saturated heterocycles. The summed E-state index contributed by atoms with van der Waals surface area (Å²) in [5.74, 6) is -0.0144. The molecule has 1 fully saturated rings.